The standard InChI is InChI=1S/C35H41IN2O9/c1-34(2,3)46-30(41)13-12-26(20-39)38-29(40)14-15-37-32(42)24-16-27(44-33(43)21-8-10-25(36)11-9-21)31-28(17-24)45-35(47-31)18-22-6-4-5-7-23(22)19-35/h4-11,17,26-28,31,39H,12-16,18-20H2,1-3H3,(H,37,42)(H,38,40)/t26-,27+,28+,31-/m0/s1. The summed E-state index contributed by atoms with van der Waals surface area (Å²) in [5.74, 6) is -2.64. The quantitative estimate of drug-likeness (QED) is 0.231. The number of halogens is 1. The largest absolute Gasteiger partial charge is 0.460 e. The molecule has 252 valence electrons. The van der Waals surface area contributed by atoms with Crippen LogP contribution in [0.25, 0.3) is 0 Å². The number of aliphatic hydroxyl groups excluding tert-OH is 1. The lowest BCUT2D eigenvalue weighted by Gasteiger charge is -2.30. The van der Waals surface area contributed by atoms with E-state index in [1.165, 1.54) is 0 Å². The SMILES string of the molecule is CC(C)(C)OC(=O)CC[C@@H](CO)NC(=O)CCNC(=O)C1=C[C@H]2OC3(Cc4ccccc4C3)O[C@H]2[C@H](OC(=O)c2ccc(I)cc2)C1. The molecule has 5 rings (SSSR count). The van der Waals surface area contributed by atoms with Gasteiger partial charge in [-0.15, -0.1) is 0 Å². The van der Waals surface area contributed by atoms with Crippen molar-refractivity contribution in [1.82, 2.24) is 10.6 Å². The summed E-state index contributed by atoms with van der Waals surface area (Å²) in [7, 11) is 0. The number of rotatable bonds is 11. The Hall–Kier alpha value is -3.33. The van der Waals surface area contributed by atoms with Crippen molar-refractivity contribution < 1.29 is 43.2 Å². The summed E-state index contributed by atoms with van der Waals surface area (Å²) >= 11 is 2.16. The Morgan fingerprint density at radius 3 is 2.34 bits per heavy atom. The van der Waals surface area contributed by atoms with Crippen molar-refractivity contribution in [1.29, 1.82) is 0 Å². The minimum atomic E-state index is -0.917. The van der Waals surface area contributed by atoms with Crippen LogP contribution >= 0.6 is 22.6 Å². The Morgan fingerprint density at radius 1 is 1.02 bits per heavy atom. The zero-order valence-electron chi connectivity index (χ0n) is 26.8. The summed E-state index contributed by atoms with van der Waals surface area (Å²) in [6.45, 7) is 5.00. The number of nitrogens with one attached hydrogen (secondary N) is 2. The number of hydrogen-bond acceptors (Lipinski definition) is 9. The monoisotopic (exact) mass is 760 g/mol. The molecule has 2 aromatic rings. The number of ether oxygens (including phenoxy) is 4. The first kappa shape index (κ1) is 35.0. The summed E-state index contributed by atoms with van der Waals surface area (Å²) in [6, 6.07) is 14.4. The summed E-state index contributed by atoms with van der Waals surface area (Å²) in [5.41, 5.74) is 2.40. The van der Waals surface area contributed by atoms with Crippen molar-refractivity contribution >= 4 is 46.3 Å². The fourth-order valence-electron chi connectivity index (χ4n) is 6.05. The van der Waals surface area contributed by atoms with Crippen molar-refractivity contribution in [3.63, 3.8) is 0 Å². The number of hydrogen-bond donors (Lipinski definition) is 3. The molecule has 2 amide bonds. The van der Waals surface area contributed by atoms with E-state index in [4.69, 9.17) is 18.9 Å². The van der Waals surface area contributed by atoms with E-state index in [0.717, 1.165) is 14.7 Å². The Morgan fingerprint density at radius 2 is 1.70 bits per heavy atom. The van der Waals surface area contributed by atoms with Crippen LogP contribution < -0.4 is 10.6 Å². The van der Waals surface area contributed by atoms with Crippen LogP contribution in [-0.2, 0) is 46.2 Å². The first-order chi connectivity index (χ1) is 22.3. The van der Waals surface area contributed by atoms with Gasteiger partial charge in [0, 0.05) is 47.8 Å². The van der Waals surface area contributed by atoms with E-state index >= 15 is 0 Å². The van der Waals surface area contributed by atoms with E-state index in [9.17, 15) is 24.3 Å². The molecule has 11 nitrogen and oxygen atoms in total. The van der Waals surface area contributed by atoms with Gasteiger partial charge in [-0.05, 0) is 91.3 Å². The van der Waals surface area contributed by atoms with E-state index < -0.39 is 53.6 Å². The van der Waals surface area contributed by atoms with Gasteiger partial charge in [0.25, 0.3) is 0 Å². The summed E-state index contributed by atoms with van der Waals surface area (Å²) < 4.78 is 25.2. The maximum Gasteiger partial charge on any atom is 0.338 e. The zero-order chi connectivity index (χ0) is 33.8. The van der Waals surface area contributed by atoms with E-state index in [1.54, 1.807) is 39.0 Å². The average Bonchev–Trinajstić information content (AvgIpc) is 3.56. The molecule has 0 aromatic heterocycles. The molecular weight excluding hydrogens is 719 g/mol. The van der Waals surface area contributed by atoms with Crippen molar-refractivity contribution in [2.75, 3.05) is 13.2 Å². The summed E-state index contributed by atoms with van der Waals surface area (Å²) in [6.07, 6.45) is 1.16. The highest BCUT2D eigenvalue weighted by Crippen LogP contribution is 2.45. The number of carbonyl (C=O) groups excluding carboxylic acids is 4. The van der Waals surface area contributed by atoms with E-state index in [-0.39, 0.29) is 44.7 Å². The molecule has 3 N–H and O–H groups in total. The lowest BCUT2D eigenvalue weighted by atomic mass is 9.91. The third-order valence-electron chi connectivity index (χ3n) is 8.19. The number of fused-ring (bicyclic) bond motifs is 2. The Balaban J connectivity index is 1.19. The van der Waals surface area contributed by atoms with Gasteiger partial charge in [-0.1, -0.05) is 24.3 Å². The molecule has 47 heavy (non-hydrogen) atoms. The highest BCUT2D eigenvalue weighted by Gasteiger charge is 2.55. The third kappa shape index (κ3) is 9.18. The molecule has 1 saturated heterocycles. The van der Waals surface area contributed by atoms with Gasteiger partial charge in [0.2, 0.25) is 11.8 Å². The normalized spacial score (nSPS) is 21.6. The minimum absolute atomic E-state index is 0.0318. The van der Waals surface area contributed by atoms with Crippen LogP contribution in [0.15, 0.2) is 60.2 Å². The van der Waals surface area contributed by atoms with Crippen molar-refractivity contribution in [3.05, 3.63) is 80.4 Å². The summed E-state index contributed by atoms with van der Waals surface area (Å²) in [4.78, 5) is 51.1. The van der Waals surface area contributed by atoms with Gasteiger partial charge < -0.3 is 34.7 Å². The average molecular weight is 761 g/mol. The molecule has 2 aromatic carbocycles. The van der Waals surface area contributed by atoms with Crippen molar-refractivity contribution in [3.8, 4) is 0 Å². The molecule has 1 spiro atoms. The third-order valence-corrected chi connectivity index (χ3v) is 8.91. The lowest BCUT2D eigenvalue weighted by molar-refractivity contribution is -0.172. The fraction of sp³-hybridized carbons (Fsp3) is 0.486. The molecule has 0 unspecified atom stereocenters. The second-order valence-corrected chi connectivity index (χ2v) is 14.4. The fourth-order valence-corrected chi connectivity index (χ4v) is 6.41. The van der Waals surface area contributed by atoms with Gasteiger partial charge in [0.15, 0.2) is 5.79 Å². The molecule has 0 saturated carbocycles. The first-order valence-corrected chi connectivity index (χ1v) is 16.9. The van der Waals surface area contributed by atoms with Gasteiger partial charge in [0.1, 0.15) is 23.9 Å². The van der Waals surface area contributed by atoms with Gasteiger partial charge in [-0.3, -0.25) is 14.4 Å². The van der Waals surface area contributed by atoms with E-state index in [0.29, 0.717) is 24.0 Å². The number of amides is 2. The topological polar surface area (TPSA) is 149 Å². The molecule has 3 aliphatic rings. The van der Waals surface area contributed by atoms with Gasteiger partial charge in [-0.2, -0.15) is 0 Å². The smallest absolute Gasteiger partial charge is 0.338 e. The van der Waals surface area contributed by atoms with Crippen molar-refractivity contribution in [2.45, 2.75) is 95.0 Å². The molecule has 0 radical (unpaired) electrons. The maximum atomic E-state index is 13.3. The Bertz CT molecular complexity index is 1490. The van der Waals surface area contributed by atoms with E-state index in [2.05, 4.69) is 33.2 Å². The van der Waals surface area contributed by atoms with Crippen LogP contribution in [0.2, 0.25) is 0 Å². The second-order valence-electron chi connectivity index (χ2n) is 13.1. The van der Waals surface area contributed by atoms with Crippen LogP contribution in [0.4, 0.5) is 0 Å². The number of aliphatic hydroxyl groups is 1. The van der Waals surface area contributed by atoms with Crippen LogP contribution in [0, 0.1) is 3.57 Å². The Kier molecular flexibility index (Phi) is 11.0. The minimum Gasteiger partial charge on any atom is -0.460 e. The molecule has 1 fully saturated rings. The van der Waals surface area contributed by atoms with Gasteiger partial charge in [-0.25, -0.2) is 4.79 Å². The molecule has 12 heteroatoms. The number of benzene rings is 2. The Labute approximate surface area is 287 Å². The lowest BCUT2D eigenvalue weighted by Crippen LogP contribution is -2.44. The predicted molar refractivity (Wildman–Crippen MR) is 179 cm³/mol. The van der Waals surface area contributed by atoms with E-state index in [1.807, 2.05) is 36.4 Å². The van der Waals surface area contributed by atoms with Crippen LogP contribution in [0.1, 0.15) is 67.9 Å². The predicted octanol–water partition coefficient (Wildman–Crippen LogP) is 3.53. The molecule has 1 heterocycles. The molecule has 1 aliphatic heterocycles. The molecule has 0 bridgehead atoms. The van der Waals surface area contributed by atoms with Gasteiger partial charge in [0.05, 0.1) is 18.2 Å². The highest BCUT2D eigenvalue weighted by molar-refractivity contribution is 14.1. The number of esters is 2. The molecule has 4 atom stereocenters. The molecular formula is C35H41IN2O9. The van der Waals surface area contributed by atoms with Crippen LogP contribution in [0.5, 0.6) is 0 Å². The van der Waals surface area contributed by atoms with Gasteiger partial charge >= 0.3 is 11.9 Å². The van der Waals surface area contributed by atoms with Crippen LogP contribution in [-0.4, -0.2) is 77.8 Å². The molecule has 2 aliphatic carbocycles. The van der Waals surface area contributed by atoms with Crippen molar-refractivity contribution in [2.24, 2.45) is 0 Å². The summed E-state index contributed by atoms with van der Waals surface area (Å²) in [5, 5.41) is 15.1. The number of carbonyl (C=O) groups is 4. The maximum absolute atomic E-state index is 13.3. The first-order valence-electron chi connectivity index (χ1n) is 15.8. The zero-order valence-corrected chi connectivity index (χ0v) is 28.9. The van der Waals surface area contributed by atoms with Crippen LogP contribution in [0.3, 0.4) is 0 Å². The highest BCUT2D eigenvalue weighted by atomic mass is 127. The second kappa shape index (κ2) is 14.8.